The minimum atomic E-state index is 0.538. The molecule has 80 heavy (non-hydrogen) atoms. The first kappa shape index (κ1) is 44.9. The molecule has 0 aliphatic carbocycles. The van der Waals surface area contributed by atoms with Crippen molar-refractivity contribution in [1.82, 2.24) is 19.1 Å². The van der Waals surface area contributed by atoms with Gasteiger partial charge < -0.3 is 18.0 Å². The van der Waals surface area contributed by atoms with Crippen LogP contribution in [-0.2, 0) is 0 Å². The Bertz CT molecular complexity index is 5280. The van der Waals surface area contributed by atoms with E-state index < -0.39 is 0 Å². The van der Waals surface area contributed by atoms with Gasteiger partial charge in [-0.3, -0.25) is 9.97 Å². The van der Waals surface area contributed by atoms with Gasteiger partial charge in [0, 0.05) is 95.1 Å². The van der Waals surface area contributed by atoms with Gasteiger partial charge in [-0.1, -0.05) is 133 Å². The molecule has 10 aromatic carbocycles. The molecule has 0 unspecified atom stereocenters. The summed E-state index contributed by atoms with van der Waals surface area (Å²) in [5, 5.41) is 30.9. The number of hydrogen-bond acceptors (Lipinski definition) is 6. The Morgan fingerprint density at radius 3 is 1.46 bits per heavy atom. The van der Waals surface area contributed by atoms with Crippen molar-refractivity contribution in [3.63, 3.8) is 0 Å². The van der Waals surface area contributed by atoms with E-state index in [1.807, 2.05) is 85.2 Å². The molecule has 0 amide bonds. The van der Waals surface area contributed by atoms with Crippen LogP contribution in [0.15, 0.2) is 252 Å². The van der Waals surface area contributed by atoms with Crippen LogP contribution in [0, 0.1) is 22.7 Å². The smallest absolute Gasteiger partial charge is 0.135 e. The molecule has 0 N–H and O–H groups in total. The standard InChI is InChI=1S/C72H40N6O2/c73-39-49-34-48(38-57(44-26-32-70-60(36-44)56-17-5-10-22-68(56)80-70)71(49)77-63-18-6-1-13-52(63)53-14-2-7-19-64(53)77)46-23-29-62(76-42-46)45-24-30-66-58(37-45)54-15-3-8-20-65(54)78(66)72-51(28-27-50(61(72)40-74)47-12-11-33-75-41-47)43-25-31-69-59(35-43)55-16-4-9-21-67(55)79-69/h1-38,41-42H. The Labute approximate surface area is 457 Å². The molecule has 16 rings (SSSR count). The van der Waals surface area contributed by atoms with Gasteiger partial charge in [0.1, 0.15) is 34.5 Å². The van der Waals surface area contributed by atoms with Crippen LogP contribution >= 0.6 is 0 Å². The van der Waals surface area contributed by atoms with Crippen molar-refractivity contribution in [1.29, 1.82) is 10.5 Å². The highest BCUT2D eigenvalue weighted by molar-refractivity contribution is 6.14. The van der Waals surface area contributed by atoms with E-state index in [4.69, 9.17) is 13.8 Å². The van der Waals surface area contributed by atoms with Crippen molar-refractivity contribution in [2.75, 3.05) is 0 Å². The van der Waals surface area contributed by atoms with Crippen molar-refractivity contribution in [3.8, 4) is 79.3 Å². The summed E-state index contributed by atoms with van der Waals surface area (Å²) in [6.45, 7) is 0. The van der Waals surface area contributed by atoms with E-state index in [-0.39, 0.29) is 0 Å². The van der Waals surface area contributed by atoms with Crippen LogP contribution < -0.4 is 0 Å². The molecule has 0 fully saturated rings. The van der Waals surface area contributed by atoms with Gasteiger partial charge >= 0.3 is 0 Å². The summed E-state index contributed by atoms with van der Waals surface area (Å²) >= 11 is 0. The summed E-state index contributed by atoms with van der Waals surface area (Å²) in [6, 6.07) is 82.2. The van der Waals surface area contributed by atoms with E-state index in [0.29, 0.717) is 11.1 Å². The second-order valence-electron chi connectivity index (χ2n) is 20.3. The van der Waals surface area contributed by atoms with Gasteiger partial charge in [-0.2, -0.15) is 10.5 Å². The molecule has 6 aromatic heterocycles. The molecule has 8 nitrogen and oxygen atoms in total. The highest BCUT2D eigenvalue weighted by atomic mass is 16.3. The highest BCUT2D eigenvalue weighted by Crippen LogP contribution is 2.45. The summed E-state index contributed by atoms with van der Waals surface area (Å²) in [7, 11) is 0. The van der Waals surface area contributed by atoms with Crippen molar-refractivity contribution in [3.05, 3.63) is 254 Å². The van der Waals surface area contributed by atoms with Crippen LogP contribution in [0.4, 0.5) is 0 Å². The summed E-state index contributed by atoms with van der Waals surface area (Å²) in [5.74, 6) is 0. The Kier molecular flexibility index (Phi) is 9.90. The minimum absolute atomic E-state index is 0.538. The van der Waals surface area contributed by atoms with E-state index in [1.54, 1.807) is 6.20 Å². The third-order valence-electron chi connectivity index (χ3n) is 16.0. The molecule has 0 bridgehead atoms. The summed E-state index contributed by atoms with van der Waals surface area (Å²) < 4.78 is 17.1. The van der Waals surface area contributed by atoms with Crippen LogP contribution in [-0.4, -0.2) is 19.1 Å². The van der Waals surface area contributed by atoms with Gasteiger partial charge in [0.15, 0.2) is 0 Å². The zero-order valence-electron chi connectivity index (χ0n) is 42.6. The summed E-state index contributed by atoms with van der Waals surface area (Å²) in [4.78, 5) is 9.61. The van der Waals surface area contributed by atoms with Crippen LogP contribution in [0.3, 0.4) is 0 Å². The third kappa shape index (κ3) is 6.80. The average molecular weight is 1020 g/mol. The molecule has 0 radical (unpaired) electrons. The fourth-order valence-corrected chi connectivity index (χ4v) is 12.3. The van der Waals surface area contributed by atoms with Crippen molar-refractivity contribution >= 4 is 87.5 Å². The van der Waals surface area contributed by atoms with Crippen LogP contribution in [0.1, 0.15) is 11.1 Å². The van der Waals surface area contributed by atoms with Crippen molar-refractivity contribution in [2.24, 2.45) is 0 Å². The lowest BCUT2D eigenvalue weighted by molar-refractivity contribution is 0.668. The average Bonchev–Trinajstić information content (AvgIpc) is 4.29. The molecule has 6 heterocycles. The number of rotatable bonds is 7. The Hall–Kier alpha value is -11.3. The first-order valence-corrected chi connectivity index (χ1v) is 26.5. The van der Waals surface area contributed by atoms with E-state index in [1.165, 1.54) is 0 Å². The Balaban J connectivity index is 0.852. The van der Waals surface area contributed by atoms with Crippen LogP contribution in [0.2, 0.25) is 0 Å². The van der Waals surface area contributed by atoms with Crippen LogP contribution in [0.25, 0.3) is 155 Å². The SMILES string of the molecule is N#Cc1cc(-c2ccc(-c3ccc4c(c3)c3ccccc3n4-c3c(-c4ccc5oc6ccccc6c5c4)ccc(-c4cccnc4)c3C#N)nc2)cc(-c2ccc3oc4ccccc4c3c2)c1-n1c2ccccc2c2ccccc21. The number of furan rings is 2. The minimum Gasteiger partial charge on any atom is -0.456 e. The molecule has 0 saturated carbocycles. The quantitative estimate of drug-likeness (QED) is 0.157. The van der Waals surface area contributed by atoms with E-state index in [9.17, 15) is 10.5 Å². The summed E-state index contributed by atoms with van der Waals surface area (Å²) in [6.07, 6.45) is 5.47. The second-order valence-corrected chi connectivity index (χ2v) is 20.3. The Morgan fingerprint density at radius 1 is 0.338 bits per heavy atom. The van der Waals surface area contributed by atoms with E-state index >= 15 is 0 Å². The molecule has 0 saturated heterocycles. The fraction of sp³-hybridized carbons (Fsp3) is 0. The lowest BCUT2D eigenvalue weighted by Gasteiger charge is -2.19. The van der Waals surface area contributed by atoms with Crippen molar-refractivity contribution in [2.45, 2.75) is 0 Å². The van der Waals surface area contributed by atoms with Gasteiger partial charge in [-0.15, -0.1) is 0 Å². The van der Waals surface area contributed by atoms with E-state index in [2.05, 4.69) is 178 Å². The van der Waals surface area contributed by atoms with Crippen molar-refractivity contribution < 1.29 is 8.83 Å². The first-order chi connectivity index (χ1) is 39.6. The second kappa shape index (κ2) is 17.6. The maximum Gasteiger partial charge on any atom is 0.135 e. The van der Waals surface area contributed by atoms with Gasteiger partial charge in [-0.25, -0.2) is 0 Å². The van der Waals surface area contributed by atoms with Gasteiger partial charge in [-0.05, 0) is 108 Å². The number of aromatic nitrogens is 4. The fourth-order valence-electron chi connectivity index (χ4n) is 12.3. The molecule has 370 valence electrons. The van der Waals surface area contributed by atoms with Gasteiger partial charge in [0.05, 0.1) is 50.3 Å². The molecule has 0 aliphatic heterocycles. The molecule has 0 aliphatic rings. The monoisotopic (exact) mass is 1020 g/mol. The topological polar surface area (TPSA) is 110 Å². The lowest BCUT2D eigenvalue weighted by atomic mass is 9.92. The maximum atomic E-state index is 11.3. The maximum absolute atomic E-state index is 11.3. The predicted molar refractivity (Wildman–Crippen MR) is 322 cm³/mol. The summed E-state index contributed by atoms with van der Waals surface area (Å²) in [5.41, 5.74) is 18.7. The zero-order valence-corrected chi connectivity index (χ0v) is 42.6. The lowest BCUT2D eigenvalue weighted by Crippen LogP contribution is -2.03. The third-order valence-corrected chi connectivity index (χ3v) is 16.0. The van der Waals surface area contributed by atoms with E-state index in [0.717, 1.165) is 155 Å². The Morgan fingerprint density at radius 2 is 0.863 bits per heavy atom. The number of benzene rings is 10. The zero-order chi connectivity index (χ0) is 53.0. The number of pyridine rings is 2. The largest absolute Gasteiger partial charge is 0.456 e. The number of nitriles is 2. The number of para-hydroxylation sites is 5. The molecule has 0 atom stereocenters. The van der Waals surface area contributed by atoms with Gasteiger partial charge in [0.2, 0.25) is 0 Å². The molecular weight excluding hydrogens is 981 g/mol. The molecule has 0 spiro atoms. The molecule has 8 heteroatoms. The number of nitrogens with zero attached hydrogens (tertiary/aromatic N) is 6. The van der Waals surface area contributed by atoms with Gasteiger partial charge in [0.25, 0.3) is 0 Å². The number of hydrogen-bond donors (Lipinski definition) is 0. The first-order valence-electron chi connectivity index (χ1n) is 26.5. The molecule has 16 aromatic rings. The number of fused-ring (bicyclic) bond motifs is 12. The van der Waals surface area contributed by atoms with Crippen LogP contribution in [0.5, 0.6) is 0 Å². The normalized spacial score (nSPS) is 11.7. The highest BCUT2D eigenvalue weighted by Gasteiger charge is 2.25. The molecular formula is C72H40N6O2. The predicted octanol–water partition coefficient (Wildman–Crippen LogP) is 18.5.